The maximum absolute atomic E-state index is 14.8. The first-order valence-corrected chi connectivity index (χ1v) is 14.2. The summed E-state index contributed by atoms with van der Waals surface area (Å²) in [5.74, 6) is -2.20. The molecule has 0 amide bonds. The number of nitrogens with zero attached hydrogens (tertiary/aromatic N) is 3. The maximum Gasteiger partial charge on any atom is 0.417 e. The Morgan fingerprint density at radius 3 is 2.62 bits per heavy atom. The number of anilines is 1. The van der Waals surface area contributed by atoms with Crippen molar-refractivity contribution < 1.29 is 30.4 Å². The van der Waals surface area contributed by atoms with Crippen LogP contribution in [0, 0.1) is 11.6 Å². The van der Waals surface area contributed by atoms with E-state index >= 15 is 0 Å². The number of benzene rings is 2. The molecule has 0 bridgehead atoms. The average molecular weight is 559 g/mol. The smallest absolute Gasteiger partial charge is 0.349 e. The molecule has 7 nitrogen and oxygen atoms in total. The Labute approximate surface area is 211 Å². The minimum Gasteiger partial charge on any atom is -0.349 e. The second-order valence-corrected chi connectivity index (χ2v) is 12.5. The van der Waals surface area contributed by atoms with Gasteiger partial charge >= 0.3 is 11.9 Å². The molecule has 0 radical (unpaired) electrons. The van der Waals surface area contributed by atoms with Gasteiger partial charge in [-0.15, -0.1) is 11.8 Å². The summed E-state index contributed by atoms with van der Waals surface area (Å²) in [6.07, 6.45) is -4.92. The summed E-state index contributed by atoms with van der Waals surface area (Å²) in [6.45, 7) is 0.773. The average Bonchev–Trinajstić information content (AvgIpc) is 3.14. The fraction of sp³-hybridized carbons (Fsp3) is 0.391. The lowest BCUT2D eigenvalue weighted by molar-refractivity contribution is -0.137. The molecule has 0 aliphatic carbocycles. The molecule has 3 aromatic rings. The van der Waals surface area contributed by atoms with Gasteiger partial charge in [-0.2, -0.15) is 18.2 Å². The van der Waals surface area contributed by atoms with E-state index in [-0.39, 0.29) is 52.0 Å². The van der Waals surface area contributed by atoms with Gasteiger partial charge in [-0.1, -0.05) is 0 Å². The third kappa shape index (κ3) is 4.00. The van der Waals surface area contributed by atoms with E-state index in [9.17, 15) is 35.2 Å². The minimum absolute atomic E-state index is 0.0229. The van der Waals surface area contributed by atoms with Gasteiger partial charge in [0.15, 0.2) is 9.84 Å². The van der Waals surface area contributed by atoms with Crippen LogP contribution >= 0.6 is 11.8 Å². The van der Waals surface area contributed by atoms with Crippen molar-refractivity contribution in [2.75, 3.05) is 35.2 Å². The Bertz CT molecular complexity index is 1620. The van der Waals surface area contributed by atoms with Gasteiger partial charge in [0.2, 0.25) is 0 Å². The van der Waals surface area contributed by atoms with Crippen molar-refractivity contribution in [1.29, 1.82) is 0 Å². The molecule has 37 heavy (non-hydrogen) atoms. The van der Waals surface area contributed by atoms with Gasteiger partial charge in [-0.3, -0.25) is 4.57 Å². The van der Waals surface area contributed by atoms with E-state index in [4.69, 9.17) is 0 Å². The lowest BCUT2D eigenvalue weighted by Gasteiger charge is -2.39. The van der Waals surface area contributed by atoms with Crippen molar-refractivity contribution in [3.8, 4) is 11.1 Å². The third-order valence-electron chi connectivity index (χ3n) is 7.02. The summed E-state index contributed by atoms with van der Waals surface area (Å²) in [7, 11) is -3.40. The van der Waals surface area contributed by atoms with E-state index in [0.29, 0.717) is 12.6 Å². The van der Waals surface area contributed by atoms with Gasteiger partial charge in [0.1, 0.15) is 17.5 Å². The highest BCUT2D eigenvalue weighted by Crippen LogP contribution is 2.49. The van der Waals surface area contributed by atoms with Crippen LogP contribution in [0.4, 0.5) is 27.8 Å². The number of sulfone groups is 1. The minimum atomic E-state index is -4.92. The molecule has 196 valence electrons. The van der Waals surface area contributed by atoms with Crippen molar-refractivity contribution in [2.45, 2.75) is 29.7 Å². The normalized spacial score (nSPS) is 22.9. The maximum atomic E-state index is 14.8. The number of aryl methyl sites for hydroxylation is 1. The van der Waals surface area contributed by atoms with Gasteiger partial charge in [0.05, 0.1) is 28.6 Å². The number of alkyl halides is 3. The fourth-order valence-electron chi connectivity index (χ4n) is 5.51. The van der Waals surface area contributed by atoms with Gasteiger partial charge in [-0.05, 0) is 18.2 Å². The molecular weight excluding hydrogens is 539 g/mol. The topological polar surface area (TPSA) is 84.3 Å². The third-order valence-corrected chi connectivity index (χ3v) is 9.81. The fourth-order valence-corrected chi connectivity index (χ4v) is 8.67. The van der Waals surface area contributed by atoms with Crippen LogP contribution < -0.4 is 15.9 Å². The van der Waals surface area contributed by atoms with Crippen LogP contribution in [-0.4, -0.2) is 60.4 Å². The second-order valence-electron chi connectivity index (χ2n) is 9.26. The van der Waals surface area contributed by atoms with Gasteiger partial charge < -0.3 is 10.2 Å². The van der Waals surface area contributed by atoms with Crippen LogP contribution in [0.25, 0.3) is 22.0 Å². The molecule has 3 aliphatic heterocycles. The van der Waals surface area contributed by atoms with E-state index in [1.165, 1.54) is 4.57 Å². The molecule has 3 aliphatic rings. The Morgan fingerprint density at radius 2 is 1.89 bits per heavy atom. The van der Waals surface area contributed by atoms with E-state index in [1.54, 1.807) is 4.90 Å². The zero-order valence-corrected chi connectivity index (χ0v) is 20.6. The molecule has 1 N–H and O–H groups in total. The second kappa shape index (κ2) is 8.40. The number of fused-ring (bicyclic) bond motifs is 1. The monoisotopic (exact) mass is 558 g/mol. The Morgan fingerprint density at radius 1 is 1.11 bits per heavy atom. The first-order valence-electron chi connectivity index (χ1n) is 11.4. The van der Waals surface area contributed by atoms with E-state index in [1.807, 2.05) is 0 Å². The molecule has 2 saturated heterocycles. The zero-order chi connectivity index (χ0) is 26.3. The van der Waals surface area contributed by atoms with Gasteiger partial charge in [0, 0.05) is 58.9 Å². The van der Waals surface area contributed by atoms with Crippen LogP contribution in [0.15, 0.2) is 34.0 Å². The molecular formula is C23H19F5N4O3S2. The molecule has 0 unspecified atom stereocenters. The van der Waals surface area contributed by atoms with E-state index in [2.05, 4.69) is 10.3 Å². The van der Waals surface area contributed by atoms with Crippen LogP contribution in [0.1, 0.15) is 5.56 Å². The van der Waals surface area contributed by atoms with Crippen molar-refractivity contribution in [3.05, 3.63) is 51.9 Å². The lowest BCUT2D eigenvalue weighted by atomic mass is 9.95. The predicted molar refractivity (Wildman–Crippen MR) is 129 cm³/mol. The van der Waals surface area contributed by atoms with Gasteiger partial charge in [-0.25, -0.2) is 22.0 Å². The number of nitrogens with one attached hydrogen (secondary N) is 1. The predicted octanol–water partition coefficient (Wildman–Crippen LogP) is 3.04. The molecule has 14 heteroatoms. The van der Waals surface area contributed by atoms with Crippen LogP contribution in [-0.2, 0) is 22.6 Å². The quantitative estimate of drug-likeness (QED) is 0.484. The van der Waals surface area contributed by atoms with E-state index < -0.39 is 62.1 Å². The Kier molecular flexibility index (Phi) is 5.59. The number of piperazine rings is 1. The molecule has 2 atom stereocenters. The van der Waals surface area contributed by atoms with Crippen molar-refractivity contribution in [1.82, 2.24) is 14.9 Å². The summed E-state index contributed by atoms with van der Waals surface area (Å²) >= 11 is 1.05. The van der Waals surface area contributed by atoms with Crippen LogP contribution in [0.3, 0.4) is 0 Å². The number of hydrogen-bond donors (Lipinski definition) is 1. The standard InChI is InChI=1S/C23H19F5N4O3S2/c24-11-1-2-12(15(25)7-11)18-14(23(26,27)28)8-13-19-20(18)36-6-5-32(19)22(33)30-21(13)31-4-3-29-16-9-37(34,35)10-17(16)31/h1-2,7-8,16-17,29H,3-6,9-10H2/t16-,17+/m0/s1. The molecule has 4 heterocycles. The summed E-state index contributed by atoms with van der Waals surface area (Å²) in [5.41, 5.74) is -2.55. The zero-order valence-electron chi connectivity index (χ0n) is 19.0. The Hall–Kier alpha value is -2.71. The molecule has 0 spiro atoms. The van der Waals surface area contributed by atoms with Crippen molar-refractivity contribution >= 4 is 38.3 Å². The molecule has 6 rings (SSSR count). The number of aromatic nitrogens is 2. The number of rotatable bonds is 2. The molecule has 1 aromatic heterocycles. The van der Waals surface area contributed by atoms with E-state index in [0.717, 1.165) is 30.0 Å². The summed E-state index contributed by atoms with van der Waals surface area (Å²) < 4.78 is 97.8. The lowest BCUT2D eigenvalue weighted by Crippen LogP contribution is -2.58. The summed E-state index contributed by atoms with van der Waals surface area (Å²) in [5, 5.41) is 3.17. The molecule has 0 saturated carbocycles. The summed E-state index contributed by atoms with van der Waals surface area (Å²) in [4.78, 5) is 18.9. The van der Waals surface area contributed by atoms with Crippen molar-refractivity contribution in [3.63, 3.8) is 0 Å². The highest BCUT2D eigenvalue weighted by atomic mass is 32.2. The first kappa shape index (κ1) is 24.6. The number of hydrogen-bond acceptors (Lipinski definition) is 7. The largest absolute Gasteiger partial charge is 0.417 e. The van der Waals surface area contributed by atoms with Crippen molar-refractivity contribution in [2.24, 2.45) is 0 Å². The van der Waals surface area contributed by atoms with Crippen LogP contribution in [0.5, 0.6) is 0 Å². The first-order chi connectivity index (χ1) is 17.4. The molecule has 2 aromatic carbocycles. The highest BCUT2D eigenvalue weighted by molar-refractivity contribution is 7.99. The molecule has 2 fully saturated rings. The SMILES string of the molecule is O=c1nc(N2CCN[C@H]3CS(=O)(=O)C[C@H]32)c2cc(C(F)(F)F)c(-c3ccc(F)cc3F)c3c2n1CCS3. The summed E-state index contributed by atoms with van der Waals surface area (Å²) in [6, 6.07) is 2.16. The van der Waals surface area contributed by atoms with Crippen LogP contribution in [0.2, 0.25) is 0 Å². The highest BCUT2D eigenvalue weighted by Gasteiger charge is 2.45. The number of thioether (sulfide) groups is 1. The van der Waals surface area contributed by atoms with Gasteiger partial charge in [0.25, 0.3) is 0 Å². The Balaban J connectivity index is 1.68. The number of halogens is 5.